The number of carbonyl (C=O) groups is 1. The van der Waals surface area contributed by atoms with Gasteiger partial charge in [0.25, 0.3) is 0 Å². The third-order valence-electron chi connectivity index (χ3n) is 1.79. The lowest BCUT2D eigenvalue weighted by Gasteiger charge is -2.08. The highest BCUT2D eigenvalue weighted by molar-refractivity contribution is 5.87. The molecule has 1 heterocycles. The lowest BCUT2D eigenvalue weighted by molar-refractivity contribution is 0.0588. The van der Waals surface area contributed by atoms with Gasteiger partial charge in [-0.05, 0) is 13.0 Å². The fraction of sp³-hybridized carbons (Fsp3) is 0.333. The molecule has 0 bridgehead atoms. The van der Waals surface area contributed by atoms with Gasteiger partial charge in [0.05, 0.1) is 7.11 Å². The van der Waals surface area contributed by atoms with E-state index in [2.05, 4.69) is 9.72 Å². The Morgan fingerprint density at radius 3 is 2.86 bits per heavy atom. The summed E-state index contributed by atoms with van der Waals surface area (Å²) in [6.45, 7) is 1.62. The van der Waals surface area contributed by atoms with Gasteiger partial charge < -0.3 is 10.5 Å². The minimum atomic E-state index is -0.801. The van der Waals surface area contributed by atoms with Crippen LogP contribution in [0.15, 0.2) is 12.3 Å². The van der Waals surface area contributed by atoms with Crippen molar-refractivity contribution in [3.8, 4) is 0 Å². The van der Waals surface area contributed by atoms with E-state index in [1.165, 1.54) is 19.4 Å². The van der Waals surface area contributed by atoms with Gasteiger partial charge in [-0.1, -0.05) is 0 Å². The maximum atomic E-state index is 13.5. The number of nitrogens with two attached hydrogens (primary N) is 1. The van der Waals surface area contributed by atoms with Gasteiger partial charge in [-0.3, -0.25) is 0 Å². The van der Waals surface area contributed by atoms with Gasteiger partial charge in [-0.25, -0.2) is 14.2 Å². The van der Waals surface area contributed by atoms with Crippen LogP contribution in [0.1, 0.15) is 29.0 Å². The smallest absolute Gasteiger partial charge is 0.359 e. The minimum absolute atomic E-state index is 0.250. The fourth-order valence-electron chi connectivity index (χ4n) is 1.05. The van der Waals surface area contributed by atoms with Gasteiger partial charge in [0.15, 0.2) is 11.5 Å². The number of nitrogens with zero attached hydrogens (tertiary/aromatic N) is 1. The summed E-state index contributed by atoms with van der Waals surface area (Å²) in [5, 5.41) is 0. The van der Waals surface area contributed by atoms with Crippen molar-refractivity contribution in [2.75, 3.05) is 7.11 Å². The first-order valence-corrected chi connectivity index (χ1v) is 4.06. The molecule has 4 nitrogen and oxygen atoms in total. The van der Waals surface area contributed by atoms with Crippen LogP contribution < -0.4 is 5.73 Å². The van der Waals surface area contributed by atoms with Gasteiger partial charge in [-0.15, -0.1) is 0 Å². The Kier molecular flexibility index (Phi) is 3.14. The normalized spacial score (nSPS) is 12.3. The maximum Gasteiger partial charge on any atom is 0.359 e. The molecule has 1 aromatic heterocycles. The van der Waals surface area contributed by atoms with E-state index in [-0.39, 0.29) is 11.3 Å². The average molecular weight is 198 g/mol. The number of ether oxygens (including phenoxy) is 1. The Morgan fingerprint density at radius 1 is 1.71 bits per heavy atom. The van der Waals surface area contributed by atoms with Crippen LogP contribution in [0.4, 0.5) is 4.39 Å². The van der Waals surface area contributed by atoms with Crippen LogP contribution in [-0.2, 0) is 4.74 Å². The number of aromatic nitrogens is 1. The molecule has 0 fully saturated rings. The SMILES string of the molecule is COC(=O)c1nccc(C(C)N)c1F. The summed E-state index contributed by atoms with van der Waals surface area (Å²) in [6, 6.07) is 0.952. The molecule has 1 atom stereocenters. The first kappa shape index (κ1) is 10.6. The van der Waals surface area contributed by atoms with E-state index in [1.807, 2.05) is 0 Å². The second-order valence-corrected chi connectivity index (χ2v) is 2.84. The molecule has 76 valence electrons. The summed E-state index contributed by atoms with van der Waals surface area (Å²) in [7, 11) is 1.17. The van der Waals surface area contributed by atoms with E-state index in [4.69, 9.17) is 5.73 Å². The van der Waals surface area contributed by atoms with E-state index < -0.39 is 17.8 Å². The van der Waals surface area contributed by atoms with Crippen molar-refractivity contribution in [3.05, 3.63) is 29.3 Å². The summed E-state index contributed by atoms with van der Waals surface area (Å²) < 4.78 is 17.9. The Hall–Kier alpha value is -1.49. The molecule has 0 aliphatic rings. The molecule has 0 spiro atoms. The molecule has 1 unspecified atom stereocenters. The van der Waals surface area contributed by atoms with Crippen molar-refractivity contribution in [2.24, 2.45) is 5.73 Å². The maximum absolute atomic E-state index is 13.5. The third-order valence-corrected chi connectivity index (χ3v) is 1.79. The predicted molar refractivity (Wildman–Crippen MR) is 48.1 cm³/mol. The van der Waals surface area contributed by atoms with Crippen LogP contribution in [-0.4, -0.2) is 18.1 Å². The molecular formula is C9H11FN2O2. The van der Waals surface area contributed by atoms with Crippen molar-refractivity contribution in [3.63, 3.8) is 0 Å². The molecule has 5 heteroatoms. The summed E-state index contributed by atoms with van der Waals surface area (Å²) in [5.41, 5.74) is 5.42. The number of rotatable bonds is 2. The van der Waals surface area contributed by atoms with Crippen LogP contribution in [0.3, 0.4) is 0 Å². The zero-order valence-corrected chi connectivity index (χ0v) is 7.95. The molecule has 0 aliphatic heterocycles. The van der Waals surface area contributed by atoms with Crippen LogP contribution in [0.2, 0.25) is 0 Å². The van der Waals surface area contributed by atoms with Crippen LogP contribution in [0.25, 0.3) is 0 Å². The standard InChI is InChI=1S/C9H11FN2O2/c1-5(11)6-3-4-12-8(7(6)10)9(13)14-2/h3-5H,11H2,1-2H3. The topological polar surface area (TPSA) is 65.2 Å². The van der Waals surface area contributed by atoms with E-state index in [1.54, 1.807) is 6.92 Å². The number of hydrogen-bond acceptors (Lipinski definition) is 4. The molecule has 0 aromatic carbocycles. The highest BCUT2D eigenvalue weighted by Crippen LogP contribution is 2.16. The van der Waals surface area contributed by atoms with Crippen LogP contribution in [0, 0.1) is 5.82 Å². The number of halogens is 1. The van der Waals surface area contributed by atoms with Gasteiger partial charge in [0.1, 0.15) is 0 Å². The Bertz CT molecular complexity index is 353. The van der Waals surface area contributed by atoms with Gasteiger partial charge in [0.2, 0.25) is 0 Å². The summed E-state index contributed by atoms with van der Waals surface area (Å²) in [6.07, 6.45) is 1.33. The summed E-state index contributed by atoms with van der Waals surface area (Å²) in [4.78, 5) is 14.6. The van der Waals surface area contributed by atoms with Gasteiger partial charge in [0, 0.05) is 17.8 Å². The Labute approximate surface area is 80.9 Å². The molecule has 0 amide bonds. The second kappa shape index (κ2) is 4.15. The molecule has 0 radical (unpaired) electrons. The number of methoxy groups -OCH3 is 1. The van der Waals surface area contributed by atoms with Crippen molar-refractivity contribution >= 4 is 5.97 Å². The summed E-state index contributed by atoms with van der Waals surface area (Å²) in [5.74, 6) is -1.51. The van der Waals surface area contributed by atoms with Crippen LogP contribution in [0.5, 0.6) is 0 Å². The number of pyridine rings is 1. The van der Waals surface area contributed by atoms with Crippen molar-refractivity contribution in [2.45, 2.75) is 13.0 Å². The largest absolute Gasteiger partial charge is 0.464 e. The number of esters is 1. The highest BCUT2D eigenvalue weighted by Gasteiger charge is 2.18. The lowest BCUT2D eigenvalue weighted by Crippen LogP contribution is -2.14. The molecule has 0 saturated carbocycles. The van der Waals surface area contributed by atoms with E-state index in [0.717, 1.165) is 0 Å². The van der Waals surface area contributed by atoms with E-state index in [9.17, 15) is 9.18 Å². The molecular weight excluding hydrogens is 187 g/mol. The zero-order chi connectivity index (χ0) is 10.7. The van der Waals surface area contributed by atoms with E-state index >= 15 is 0 Å². The number of hydrogen-bond donors (Lipinski definition) is 1. The predicted octanol–water partition coefficient (Wildman–Crippen LogP) is 1.03. The fourth-order valence-corrected chi connectivity index (χ4v) is 1.05. The van der Waals surface area contributed by atoms with Gasteiger partial charge in [-0.2, -0.15) is 0 Å². The second-order valence-electron chi connectivity index (χ2n) is 2.84. The van der Waals surface area contributed by atoms with Crippen molar-refractivity contribution in [1.29, 1.82) is 0 Å². The molecule has 1 rings (SSSR count). The average Bonchev–Trinajstić information content (AvgIpc) is 2.16. The minimum Gasteiger partial charge on any atom is -0.464 e. The molecule has 1 aromatic rings. The first-order chi connectivity index (χ1) is 6.57. The van der Waals surface area contributed by atoms with Crippen molar-refractivity contribution in [1.82, 2.24) is 4.98 Å². The molecule has 14 heavy (non-hydrogen) atoms. The van der Waals surface area contributed by atoms with Gasteiger partial charge >= 0.3 is 5.97 Å². The molecule has 0 aliphatic carbocycles. The monoisotopic (exact) mass is 198 g/mol. The van der Waals surface area contributed by atoms with E-state index in [0.29, 0.717) is 0 Å². The molecule has 0 saturated heterocycles. The Morgan fingerprint density at radius 2 is 2.36 bits per heavy atom. The Balaban J connectivity index is 3.20. The third kappa shape index (κ3) is 1.88. The molecule has 2 N–H and O–H groups in total. The summed E-state index contributed by atoms with van der Waals surface area (Å²) >= 11 is 0. The first-order valence-electron chi connectivity index (χ1n) is 4.06. The van der Waals surface area contributed by atoms with Crippen LogP contribution >= 0.6 is 0 Å². The van der Waals surface area contributed by atoms with Crippen molar-refractivity contribution < 1.29 is 13.9 Å². The zero-order valence-electron chi connectivity index (χ0n) is 7.95. The lowest BCUT2D eigenvalue weighted by atomic mass is 10.1. The quantitative estimate of drug-likeness (QED) is 0.721. The highest BCUT2D eigenvalue weighted by atomic mass is 19.1. The number of carbonyl (C=O) groups excluding carboxylic acids is 1.